The van der Waals surface area contributed by atoms with Crippen LogP contribution in [0.1, 0.15) is 10.4 Å². The van der Waals surface area contributed by atoms with Crippen LogP contribution in [0.5, 0.6) is 0 Å². The molecular weight excluding hydrogens is 246 g/mol. The Kier molecular flexibility index (Phi) is 5.72. The number of ether oxygens (including phenoxy) is 1. The largest absolute Gasteiger partial charge is 0.389 e. The van der Waals surface area contributed by atoms with Crippen LogP contribution < -0.4 is 4.90 Å². The van der Waals surface area contributed by atoms with Crippen LogP contribution in [0.2, 0.25) is 0 Å². The van der Waals surface area contributed by atoms with E-state index in [0.717, 1.165) is 5.82 Å². The number of amides is 1. The SMILES string of the molecule is COCC(O)CN(C)C(=O)c1ccc(N(C)C)nc1. The first kappa shape index (κ1) is 15.4. The molecule has 0 fully saturated rings. The third kappa shape index (κ3) is 4.50. The number of anilines is 1. The first-order chi connectivity index (χ1) is 8.95. The van der Waals surface area contributed by atoms with Crippen molar-refractivity contribution in [3.05, 3.63) is 23.9 Å². The molecule has 0 aromatic carbocycles. The van der Waals surface area contributed by atoms with E-state index in [9.17, 15) is 9.90 Å². The maximum Gasteiger partial charge on any atom is 0.255 e. The summed E-state index contributed by atoms with van der Waals surface area (Å²) in [5.74, 6) is 0.617. The molecule has 19 heavy (non-hydrogen) atoms. The number of aromatic nitrogens is 1. The number of methoxy groups -OCH3 is 1. The van der Waals surface area contributed by atoms with E-state index in [1.165, 1.54) is 18.2 Å². The molecule has 1 aromatic rings. The van der Waals surface area contributed by atoms with Crippen molar-refractivity contribution < 1.29 is 14.6 Å². The average molecular weight is 267 g/mol. The summed E-state index contributed by atoms with van der Waals surface area (Å²) in [6.07, 6.45) is 0.851. The summed E-state index contributed by atoms with van der Waals surface area (Å²) in [4.78, 5) is 19.6. The molecule has 0 aliphatic rings. The van der Waals surface area contributed by atoms with Gasteiger partial charge >= 0.3 is 0 Å². The molecule has 0 spiro atoms. The number of hydrogen-bond acceptors (Lipinski definition) is 5. The summed E-state index contributed by atoms with van der Waals surface area (Å²) in [5, 5.41) is 9.59. The van der Waals surface area contributed by atoms with Gasteiger partial charge in [0, 0.05) is 41.0 Å². The number of hydrogen-bond donors (Lipinski definition) is 1. The molecule has 0 saturated carbocycles. The molecule has 6 nitrogen and oxygen atoms in total. The van der Waals surface area contributed by atoms with Crippen LogP contribution in [0.4, 0.5) is 5.82 Å². The lowest BCUT2D eigenvalue weighted by molar-refractivity contribution is 0.0380. The average Bonchev–Trinajstić information content (AvgIpc) is 2.38. The molecule has 1 amide bonds. The lowest BCUT2D eigenvalue weighted by atomic mass is 10.2. The zero-order valence-electron chi connectivity index (χ0n) is 11.8. The van der Waals surface area contributed by atoms with E-state index in [1.54, 1.807) is 19.2 Å². The fourth-order valence-corrected chi connectivity index (χ4v) is 1.64. The molecule has 1 unspecified atom stereocenters. The third-order valence-corrected chi connectivity index (χ3v) is 2.64. The first-order valence-electron chi connectivity index (χ1n) is 6.01. The molecule has 1 aromatic heterocycles. The standard InChI is InChI=1S/C13H21N3O3/c1-15(2)12-6-5-10(7-14-12)13(18)16(3)8-11(17)9-19-4/h5-7,11,17H,8-9H2,1-4H3. The van der Waals surface area contributed by atoms with Gasteiger partial charge in [-0.05, 0) is 12.1 Å². The summed E-state index contributed by atoms with van der Waals surface area (Å²) in [6, 6.07) is 3.51. The molecule has 0 saturated heterocycles. The maximum absolute atomic E-state index is 12.1. The summed E-state index contributed by atoms with van der Waals surface area (Å²) in [6.45, 7) is 0.428. The second-order valence-electron chi connectivity index (χ2n) is 4.59. The quantitative estimate of drug-likeness (QED) is 0.799. The van der Waals surface area contributed by atoms with E-state index < -0.39 is 6.10 Å². The Morgan fingerprint density at radius 2 is 2.11 bits per heavy atom. The molecule has 106 valence electrons. The van der Waals surface area contributed by atoms with Gasteiger partial charge in [-0.15, -0.1) is 0 Å². The van der Waals surface area contributed by atoms with Gasteiger partial charge in [-0.1, -0.05) is 0 Å². The Morgan fingerprint density at radius 1 is 1.42 bits per heavy atom. The summed E-state index contributed by atoms with van der Waals surface area (Å²) < 4.78 is 4.83. The van der Waals surface area contributed by atoms with E-state index in [4.69, 9.17) is 4.74 Å². The summed E-state index contributed by atoms with van der Waals surface area (Å²) in [5.41, 5.74) is 0.498. The molecule has 1 rings (SSSR count). The maximum atomic E-state index is 12.1. The molecule has 0 bridgehead atoms. The number of nitrogens with zero attached hydrogens (tertiary/aromatic N) is 3. The normalized spacial score (nSPS) is 12.1. The van der Waals surface area contributed by atoms with Crippen molar-refractivity contribution in [3.63, 3.8) is 0 Å². The highest BCUT2D eigenvalue weighted by molar-refractivity contribution is 5.93. The first-order valence-corrected chi connectivity index (χ1v) is 6.01. The van der Waals surface area contributed by atoms with Crippen LogP contribution in [0.3, 0.4) is 0 Å². The van der Waals surface area contributed by atoms with Crippen molar-refractivity contribution >= 4 is 11.7 Å². The van der Waals surface area contributed by atoms with Gasteiger partial charge in [-0.25, -0.2) is 4.98 Å². The molecule has 1 heterocycles. The van der Waals surface area contributed by atoms with Crippen molar-refractivity contribution in [3.8, 4) is 0 Å². The van der Waals surface area contributed by atoms with E-state index in [0.29, 0.717) is 5.56 Å². The minimum absolute atomic E-state index is 0.173. The van der Waals surface area contributed by atoms with Crippen LogP contribution in [0, 0.1) is 0 Å². The van der Waals surface area contributed by atoms with Crippen molar-refractivity contribution in [2.45, 2.75) is 6.10 Å². The number of carbonyl (C=O) groups is 1. The Balaban J connectivity index is 2.66. The van der Waals surface area contributed by atoms with E-state index in [2.05, 4.69) is 4.98 Å². The molecule has 0 radical (unpaired) electrons. The number of aliphatic hydroxyl groups excluding tert-OH is 1. The van der Waals surface area contributed by atoms with Gasteiger partial charge in [0.15, 0.2) is 0 Å². The van der Waals surface area contributed by atoms with Gasteiger partial charge in [0.05, 0.1) is 18.3 Å². The number of rotatable bonds is 6. The predicted octanol–water partition coefficient (Wildman–Crippen LogP) is 0.227. The number of aliphatic hydroxyl groups is 1. The monoisotopic (exact) mass is 267 g/mol. The fourth-order valence-electron chi connectivity index (χ4n) is 1.64. The van der Waals surface area contributed by atoms with Crippen LogP contribution in [-0.2, 0) is 4.74 Å². The fraction of sp³-hybridized carbons (Fsp3) is 0.538. The van der Waals surface area contributed by atoms with Crippen molar-refractivity contribution in [2.75, 3.05) is 46.3 Å². The van der Waals surface area contributed by atoms with Crippen molar-refractivity contribution in [2.24, 2.45) is 0 Å². The Bertz CT molecular complexity index is 406. The zero-order chi connectivity index (χ0) is 14.4. The van der Waals surface area contributed by atoms with Crippen LogP contribution in [0.15, 0.2) is 18.3 Å². The highest BCUT2D eigenvalue weighted by Crippen LogP contribution is 2.09. The Hall–Kier alpha value is -1.66. The minimum atomic E-state index is -0.687. The van der Waals surface area contributed by atoms with Gasteiger partial charge in [0.2, 0.25) is 0 Å². The van der Waals surface area contributed by atoms with Crippen LogP contribution in [0.25, 0.3) is 0 Å². The van der Waals surface area contributed by atoms with Crippen LogP contribution in [-0.4, -0.2) is 68.4 Å². The highest BCUT2D eigenvalue weighted by Gasteiger charge is 2.15. The van der Waals surface area contributed by atoms with E-state index >= 15 is 0 Å². The Morgan fingerprint density at radius 3 is 2.58 bits per heavy atom. The second-order valence-corrected chi connectivity index (χ2v) is 4.59. The molecule has 1 N–H and O–H groups in total. The molecule has 0 aliphatic heterocycles. The topological polar surface area (TPSA) is 65.9 Å². The number of pyridine rings is 1. The van der Waals surface area contributed by atoms with Crippen molar-refractivity contribution in [1.29, 1.82) is 0 Å². The third-order valence-electron chi connectivity index (χ3n) is 2.64. The predicted molar refractivity (Wildman–Crippen MR) is 73.4 cm³/mol. The van der Waals surface area contributed by atoms with Gasteiger partial charge in [0.1, 0.15) is 5.82 Å². The smallest absolute Gasteiger partial charge is 0.255 e. The van der Waals surface area contributed by atoms with Crippen LogP contribution >= 0.6 is 0 Å². The van der Waals surface area contributed by atoms with Gasteiger partial charge in [-0.3, -0.25) is 4.79 Å². The molecule has 1 atom stereocenters. The number of carbonyl (C=O) groups excluding carboxylic acids is 1. The second kappa shape index (κ2) is 7.06. The minimum Gasteiger partial charge on any atom is -0.389 e. The summed E-state index contributed by atoms with van der Waals surface area (Å²) >= 11 is 0. The van der Waals surface area contributed by atoms with E-state index in [-0.39, 0.29) is 19.1 Å². The number of likely N-dealkylation sites (N-methyl/N-ethyl adjacent to an activating group) is 1. The zero-order valence-corrected chi connectivity index (χ0v) is 11.8. The molecule has 0 aliphatic carbocycles. The van der Waals surface area contributed by atoms with E-state index in [1.807, 2.05) is 19.0 Å². The van der Waals surface area contributed by atoms with Gasteiger partial charge in [-0.2, -0.15) is 0 Å². The van der Waals surface area contributed by atoms with Gasteiger partial charge < -0.3 is 19.6 Å². The highest BCUT2D eigenvalue weighted by atomic mass is 16.5. The molecular formula is C13H21N3O3. The Labute approximate surface area is 113 Å². The van der Waals surface area contributed by atoms with Crippen molar-refractivity contribution in [1.82, 2.24) is 9.88 Å². The summed E-state index contributed by atoms with van der Waals surface area (Å²) in [7, 11) is 6.92. The lowest BCUT2D eigenvalue weighted by Crippen LogP contribution is -2.36. The molecule has 6 heteroatoms. The van der Waals surface area contributed by atoms with Gasteiger partial charge in [0.25, 0.3) is 5.91 Å². The lowest BCUT2D eigenvalue weighted by Gasteiger charge is -2.20.